The highest BCUT2D eigenvalue weighted by molar-refractivity contribution is 5.64. The van der Waals surface area contributed by atoms with E-state index in [9.17, 15) is 0 Å². The lowest BCUT2D eigenvalue weighted by Gasteiger charge is -2.29. The molecule has 1 saturated carbocycles. The van der Waals surface area contributed by atoms with Crippen molar-refractivity contribution in [3.05, 3.63) is 59.7 Å². The predicted octanol–water partition coefficient (Wildman–Crippen LogP) is 10.9. The average Bonchev–Trinajstić information content (AvgIpc) is 2.87. The lowest BCUT2D eigenvalue weighted by Crippen LogP contribution is -2.13. The molecule has 0 bridgehead atoms. The molecule has 0 heterocycles. The second kappa shape index (κ2) is 15.4. The van der Waals surface area contributed by atoms with Gasteiger partial charge in [-0.15, -0.1) is 0 Å². The van der Waals surface area contributed by atoms with E-state index < -0.39 is 0 Å². The zero-order valence-corrected chi connectivity index (χ0v) is 21.8. The molecule has 0 unspecified atom stereocenters. The van der Waals surface area contributed by atoms with Crippen LogP contribution in [0.4, 0.5) is 0 Å². The van der Waals surface area contributed by atoms with Crippen LogP contribution in [0, 0.1) is 5.92 Å². The van der Waals surface area contributed by atoms with Crippen molar-refractivity contribution in [2.45, 2.75) is 129 Å². The van der Waals surface area contributed by atoms with Gasteiger partial charge in [-0.2, -0.15) is 0 Å². The number of rotatable bonds is 15. The Labute approximate surface area is 205 Å². The minimum Gasteiger partial charge on any atom is -0.0654 e. The van der Waals surface area contributed by atoms with E-state index in [4.69, 9.17) is 0 Å². The summed E-state index contributed by atoms with van der Waals surface area (Å²) >= 11 is 0. The Morgan fingerprint density at radius 1 is 0.545 bits per heavy atom. The molecule has 1 aliphatic rings. The van der Waals surface area contributed by atoms with E-state index in [2.05, 4.69) is 62.4 Å². The third kappa shape index (κ3) is 9.30. The monoisotopic (exact) mass is 446 g/mol. The molecule has 0 amide bonds. The van der Waals surface area contributed by atoms with Gasteiger partial charge in [-0.05, 0) is 72.6 Å². The molecule has 0 spiro atoms. The van der Waals surface area contributed by atoms with Gasteiger partial charge in [-0.1, -0.05) is 133 Å². The lowest BCUT2D eigenvalue weighted by molar-refractivity contribution is 0.302. The van der Waals surface area contributed by atoms with Crippen LogP contribution >= 0.6 is 0 Å². The standard InChI is InChI=1S/C33H50/c1-3-5-7-8-9-10-11-12-13-15-29-18-22-31(23-19-29)33-26-24-32(25-27-33)30-20-16-28(17-21-30)14-6-4-2/h16-17,20-21,24-27,29,31H,3-15,18-19,22-23H2,1-2H3. The Kier molecular flexibility index (Phi) is 12.1. The molecule has 0 N–H and O–H groups in total. The van der Waals surface area contributed by atoms with E-state index in [1.54, 1.807) is 5.56 Å². The average molecular weight is 447 g/mol. The fraction of sp³-hybridized carbons (Fsp3) is 0.636. The van der Waals surface area contributed by atoms with Gasteiger partial charge >= 0.3 is 0 Å². The maximum atomic E-state index is 2.41. The minimum absolute atomic E-state index is 0.787. The molecule has 2 aromatic carbocycles. The normalized spacial score (nSPS) is 18.5. The van der Waals surface area contributed by atoms with E-state index >= 15 is 0 Å². The first kappa shape index (κ1) is 26.1. The van der Waals surface area contributed by atoms with Crippen LogP contribution in [-0.2, 0) is 6.42 Å². The topological polar surface area (TPSA) is 0 Å². The third-order valence-corrected chi connectivity index (χ3v) is 8.05. The molecule has 2 aromatic rings. The first-order valence-corrected chi connectivity index (χ1v) is 14.5. The fourth-order valence-corrected chi connectivity index (χ4v) is 5.72. The van der Waals surface area contributed by atoms with Crippen LogP contribution < -0.4 is 0 Å². The number of aryl methyl sites for hydroxylation is 1. The molecule has 182 valence electrons. The SMILES string of the molecule is CCCCCCCCCCCC1CCC(c2ccc(-c3ccc(CCCC)cc3)cc2)CC1. The highest BCUT2D eigenvalue weighted by Crippen LogP contribution is 2.38. The van der Waals surface area contributed by atoms with Gasteiger partial charge in [0, 0.05) is 0 Å². The Bertz CT molecular complexity index is 731. The van der Waals surface area contributed by atoms with Crippen molar-refractivity contribution in [1.82, 2.24) is 0 Å². The Balaban J connectivity index is 1.33. The Morgan fingerprint density at radius 2 is 1.06 bits per heavy atom. The Morgan fingerprint density at radius 3 is 1.64 bits per heavy atom. The number of hydrogen-bond acceptors (Lipinski definition) is 0. The van der Waals surface area contributed by atoms with E-state index in [1.165, 1.54) is 126 Å². The van der Waals surface area contributed by atoms with Crippen LogP contribution in [0.2, 0.25) is 0 Å². The van der Waals surface area contributed by atoms with Crippen molar-refractivity contribution in [2.75, 3.05) is 0 Å². The van der Waals surface area contributed by atoms with Gasteiger partial charge in [0.2, 0.25) is 0 Å². The summed E-state index contributed by atoms with van der Waals surface area (Å²) in [4.78, 5) is 0. The summed E-state index contributed by atoms with van der Waals surface area (Å²) in [6.45, 7) is 4.57. The van der Waals surface area contributed by atoms with Crippen LogP contribution in [0.15, 0.2) is 48.5 Å². The van der Waals surface area contributed by atoms with E-state index in [0.29, 0.717) is 0 Å². The van der Waals surface area contributed by atoms with Crippen molar-refractivity contribution in [3.8, 4) is 11.1 Å². The molecule has 1 aliphatic carbocycles. The zero-order valence-electron chi connectivity index (χ0n) is 21.8. The van der Waals surface area contributed by atoms with Gasteiger partial charge in [0.25, 0.3) is 0 Å². The molecule has 0 aromatic heterocycles. The van der Waals surface area contributed by atoms with Gasteiger partial charge in [0.05, 0.1) is 0 Å². The summed E-state index contributed by atoms with van der Waals surface area (Å²) < 4.78 is 0. The smallest absolute Gasteiger partial charge is 0.0162 e. The first-order valence-electron chi connectivity index (χ1n) is 14.5. The molecule has 0 heteroatoms. The van der Waals surface area contributed by atoms with E-state index in [0.717, 1.165) is 11.8 Å². The molecule has 0 atom stereocenters. The van der Waals surface area contributed by atoms with Crippen LogP contribution in [0.5, 0.6) is 0 Å². The molecule has 1 fully saturated rings. The first-order chi connectivity index (χ1) is 16.3. The van der Waals surface area contributed by atoms with Crippen molar-refractivity contribution in [2.24, 2.45) is 5.92 Å². The van der Waals surface area contributed by atoms with Gasteiger partial charge < -0.3 is 0 Å². The van der Waals surface area contributed by atoms with Gasteiger partial charge in [-0.25, -0.2) is 0 Å². The summed E-state index contributed by atoms with van der Waals surface area (Å²) in [5, 5.41) is 0. The van der Waals surface area contributed by atoms with E-state index in [1.807, 2.05) is 0 Å². The molecule has 33 heavy (non-hydrogen) atoms. The second-order valence-electron chi connectivity index (χ2n) is 10.8. The molecule has 0 saturated heterocycles. The molecule has 0 aliphatic heterocycles. The molecule has 0 radical (unpaired) electrons. The second-order valence-corrected chi connectivity index (χ2v) is 10.8. The molecule has 0 nitrogen and oxygen atoms in total. The zero-order chi connectivity index (χ0) is 23.1. The Hall–Kier alpha value is -1.56. The quantitative estimate of drug-likeness (QED) is 0.239. The van der Waals surface area contributed by atoms with E-state index in [-0.39, 0.29) is 0 Å². The predicted molar refractivity (Wildman–Crippen MR) is 147 cm³/mol. The maximum absolute atomic E-state index is 2.41. The summed E-state index contributed by atoms with van der Waals surface area (Å²) in [5.41, 5.74) is 5.75. The van der Waals surface area contributed by atoms with Crippen molar-refractivity contribution in [1.29, 1.82) is 0 Å². The van der Waals surface area contributed by atoms with Crippen molar-refractivity contribution in [3.63, 3.8) is 0 Å². The number of hydrogen-bond donors (Lipinski definition) is 0. The summed E-state index contributed by atoms with van der Waals surface area (Å²) in [7, 11) is 0. The highest BCUT2D eigenvalue weighted by atomic mass is 14.3. The summed E-state index contributed by atoms with van der Waals surface area (Å²) in [5.74, 6) is 1.78. The lowest BCUT2D eigenvalue weighted by atomic mass is 9.77. The number of unbranched alkanes of at least 4 members (excludes halogenated alkanes) is 9. The summed E-state index contributed by atoms with van der Waals surface area (Å²) in [6, 6.07) is 18.8. The minimum atomic E-state index is 0.787. The molecular weight excluding hydrogens is 396 g/mol. The van der Waals surface area contributed by atoms with Gasteiger partial charge in [-0.3, -0.25) is 0 Å². The van der Waals surface area contributed by atoms with Crippen molar-refractivity contribution >= 4 is 0 Å². The van der Waals surface area contributed by atoms with Crippen LogP contribution in [0.25, 0.3) is 11.1 Å². The largest absolute Gasteiger partial charge is 0.0654 e. The van der Waals surface area contributed by atoms with Crippen molar-refractivity contribution < 1.29 is 0 Å². The van der Waals surface area contributed by atoms with Crippen LogP contribution in [0.3, 0.4) is 0 Å². The fourth-order valence-electron chi connectivity index (χ4n) is 5.72. The van der Waals surface area contributed by atoms with Crippen LogP contribution in [0.1, 0.15) is 134 Å². The van der Waals surface area contributed by atoms with Gasteiger partial charge in [0.1, 0.15) is 0 Å². The van der Waals surface area contributed by atoms with Gasteiger partial charge in [0.15, 0.2) is 0 Å². The maximum Gasteiger partial charge on any atom is -0.0162 e. The van der Waals surface area contributed by atoms with Crippen LogP contribution in [-0.4, -0.2) is 0 Å². The summed E-state index contributed by atoms with van der Waals surface area (Å²) in [6.07, 6.45) is 24.0. The molecule has 3 rings (SSSR count). The number of benzene rings is 2. The third-order valence-electron chi connectivity index (χ3n) is 8.05. The molecular formula is C33H50. The highest BCUT2D eigenvalue weighted by Gasteiger charge is 2.22.